The highest BCUT2D eigenvalue weighted by Gasteiger charge is 2.23. The molecule has 7 heteroatoms. The molecule has 0 spiro atoms. The second-order valence-electron chi connectivity index (χ2n) is 6.37. The Hall–Kier alpha value is -3.61. The van der Waals surface area contributed by atoms with Crippen LogP contribution in [0.2, 0.25) is 0 Å². The minimum atomic E-state index is -0.161. The summed E-state index contributed by atoms with van der Waals surface area (Å²) in [6.45, 7) is 0.943. The Labute approximate surface area is 162 Å². The number of phenols is 1. The number of amides is 1. The Morgan fingerprint density at radius 2 is 1.96 bits per heavy atom. The molecule has 1 aromatic carbocycles. The molecule has 1 N–H and O–H groups in total. The van der Waals surface area contributed by atoms with Gasteiger partial charge in [0.05, 0.1) is 12.7 Å². The summed E-state index contributed by atoms with van der Waals surface area (Å²) in [6.07, 6.45) is 6.62. The van der Waals surface area contributed by atoms with Gasteiger partial charge in [0.25, 0.3) is 5.91 Å². The molecule has 1 aliphatic rings. The number of rotatable bonds is 4. The smallest absolute Gasteiger partial charge is 0.260 e. The highest BCUT2D eigenvalue weighted by atomic mass is 16.5. The third-order valence-corrected chi connectivity index (χ3v) is 4.46. The molecule has 1 amide bonds. The summed E-state index contributed by atoms with van der Waals surface area (Å²) >= 11 is 0. The summed E-state index contributed by atoms with van der Waals surface area (Å²) < 4.78 is 11.2. The molecular formula is C21H19N3O4. The predicted molar refractivity (Wildman–Crippen MR) is 102 cm³/mol. The predicted octanol–water partition coefficient (Wildman–Crippen LogP) is 2.65. The van der Waals surface area contributed by atoms with Crippen molar-refractivity contribution in [2.24, 2.45) is 0 Å². The summed E-state index contributed by atoms with van der Waals surface area (Å²) in [7, 11) is 0. The lowest BCUT2D eigenvalue weighted by Crippen LogP contribution is -2.36. The van der Waals surface area contributed by atoms with Crippen molar-refractivity contribution in [2.75, 3.05) is 19.8 Å². The Bertz CT molecular complexity index is 964. The van der Waals surface area contributed by atoms with Crippen LogP contribution in [0, 0.1) is 0 Å². The Morgan fingerprint density at radius 3 is 2.71 bits per heavy atom. The summed E-state index contributed by atoms with van der Waals surface area (Å²) in [6, 6.07) is 10.8. The van der Waals surface area contributed by atoms with Crippen molar-refractivity contribution in [3.8, 4) is 28.4 Å². The van der Waals surface area contributed by atoms with E-state index in [0.29, 0.717) is 31.2 Å². The largest absolute Gasteiger partial charge is 0.504 e. The van der Waals surface area contributed by atoms with Gasteiger partial charge < -0.3 is 19.5 Å². The van der Waals surface area contributed by atoms with Crippen LogP contribution in [0.1, 0.15) is 5.56 Å². The van der Waals surface area contributed by atoms with Gasteiger partial charge in [0, 0.05) is 36.3 Å². The third-order valence-electron chi connectivity index (χ3n) is 4.46. The van der Waals surface area contributed by atoms with Crippen molar-refractivity contribution < 1.29 is 19.4 Å². The molecule has 3 heterocycles. The SMILES string of the molecule is O=C(COc1cccnc1)N1CCOc2c(O)cc(-c3cccnc3)cc2C1. The van der Waals surface area contributed by atoms with Gasteiger partial charge in [-0.15, -0.1) is 0 Å². The number of phenolic OH excluding ortho intramolecular Hbond substituents is 1. The van der Waals surface area contributed by atoms with Crippen LogP contribution in [0.4, 0.5) is 0 Å². The number of fused-ring (bicyclic) bond motifs is 1. The molecule has 0 fully saturated rings. The fourth-order valence-corrected chi connectivity index (χ4v) is 3.08. The quantitative estimate of drug-likeness (QED) is 0.752. The maximum atomic E-state index is 12.6. The van der Waals surface area contributed by atoms with Crippen molar-refractivity contribution in [3.05, 3.63) is 66.7 Å². The van der Waals surface area contributed by atoms with Crippen molar-refractivity contribution in [1.29, 1.82) is 0 Å². The molecule has 0 unspecified atom stereocenters. The van der Waals surface area contributed by atoms with Gasteiger partial charge in [-0.25, -0.2) is 0 Å². The highest BCUT2D eigenvalue weighted by Crippen LogP contribution is 2.37. The standard InChI is InChI=1S/C21H19N3O4/c25-19-10-16(15-3-1-5-22-11-15)9-17-13-24(7-8-27-21(17)19)20(26)14-28-18-4-2-6-23-12-18/h1-6,9-12,25H,7-8,13-14H2. The molecule has 4 rings (SSSR count). The maximum absolute atomic E-state index is 12.6. The molecule has 3 aromatic rings. The zero-order valence-corrected chi connectivity index (χ0v) is 15.1. The van der Waals surface area contributed by atoms with Crippen LogP contribution < -0.4 is 9.47 Å². The van der Waals surface area contributed by atoms with E-state index in [1.165, 1.54) is 0 Å². The van der Waals surface area contributed by atoms with E-state index >= 15 is 0 Å². The van der Waals surface area contributed by atoms with E-state index in [0.717, 1.165) is 16.7 Å². The van der Waals surface area contributed by atoms with E-state index in [9.17, 15) is 9.90 Å². The average Bonchev–Trinajstić information content (AvgIpc) is 2.96. The normalized spacial score (nSPS) is 13.2. The lowest BCUT2D eigenvalue weighted by molar-refractivity contribution is -0.134. The third kappa shape index (κ3) is 3.88. The second-order valence-corrected chi connectivity index (χ2v) is 6.37. The Morgan fingerprint density at radius 1 is 1.14 bits per heavy atom. The van der Waals surface area contributed by atoms with Crippen LogP contribution in [-0.2, 0) is 11.3 Å². The maximum Gasteiger partial charge on any atom is 0.260 e. The van der Waals surface area contributed by atoms with Gasteiger partial charge in [0.2, 0.25) is 0 Å². The van der Waals surface area contributed by atoms with Gasteiger partial charge >= 0.3 is 0 Å². The zero-order valence-electron chi connectivity index (χ0n) is 15.1. The van der Waals surface area contributed by atoms with Crippen molar-refractivity contribution in [1.82, 2.24) is 14.9 Å². The van der Waals surface area contributed by atoms with Crippen LogP contribution in [0.15, 0.2) is 61.2 Å². The number of aromatic hydroxyl groups is 1. The highest BCUT2D eigenvalue weighted by molar-refractivity contribution is 5.78. The monoisotopic (exact) mass is 377 g/mol. The number of pyridine rings is 2. The molecule has 28 heavy (non-hydrogen) atoms. The molecule has 0 saturated carbocycles. The van der Waals surface area contributed by atoms with Crippen LogP contribution >= 0.6 is 0 Å². The minimum Gasteiger partial charge on any atom is -0.504 e. The Kier molecular flexibility index (Phi) is 5.05. The average molecular weight is 377 g/mol. The number of benzene rings is 1. The molecule has 7 nitrogen and oxygen atoms in total. The van der Waals surface area contributed by atoms with Crippen LogP contribution in [0.5, 0.6) is 17.2 Å². The Balaban J connectivity index is 1.53. The van der Waals surface area contributed by atoms with Gasteiger partial charge in [0.15, 0.2) is 18.1 Å². The fourth-order valence-electron chi connectivity index (χ4n) is 3.08. The second kappa shape index (κ2) is 7.96. The van der Waals surface area contributed by atoms with Gasteiger partial charge in [-0.3, -0.25) is 14.8 Å². The van der Waals surface area contributed by atoms with Crippen molar-refractivity contribution in [2.45, 2.75) is 6.54 Å². The molecular weight excluding hydrogens is 358 g/mol. The first-order chi connectivity index (χ1) is 13.7. The van der Waals surface area contributed by atoms with E-state index in [1.54, 1.807) is 47.9 Å². The van der Waals surface area contributed by atoms with E-state index in [1.807, 2.05) is 18.2 Å². The van der Waals surface area contributed by atoms with E-state index < -0.39 is 0 Å². The van der Waals surface area contributed by atoms with Crippen molar-refractivity contribution >= 4 is 5.91 Å². The van der Waals surface area contributed by atoms with Gasteiger partial charge in [-0.2, -0.15) is 0 Å². The van der Waals surface area contributed by atoms with E-state index in [2.05, 4.69) is 9.97 Å². The molecule has 0 aliphatic carbocycles. The fraction of sp³-hybridized carbons (Fsp3) is 0.190. The number of aromatic nitrogens is 2. The molecule has 0 radical (unpaired) electrons. The molecule has 2 aromatic heterocycles. The number of ether oxygens (including phenoxy) is 2. The number of hydrogen-bond acceptors (Lipinski definition) is 6. The first kappa shape index (κ1) is 17.8. The molecule has 0 bridgehead atoms. The molecule has 0 saturated heterocycles. The summed E-state index contributed by atoms with van der Waals surface area (Å²) in [4.78, 5) is 22.4. The minimum absolute atomic E-state index is 0.0530. The number of carbonyl (C=O) groups excluding carboxylic acids is 1. The van der Waals surface area contributed by atoms with Crippen LogP contribution in [0.3, 0.4) is 0 Å². The van der Waals surface area contributed by atoms with Crippen LogP contribution in [-0.4, -0.2) is 45.6 Å². The molecule has 0 atom stereocenters. The van der Waals surface area contributed by atoms with Gasteiger partial charge in [-0.1, -0.05) is 6.07 Å². The van der Waals surface area contributed by atoms with E-state index in [4.69, 9.17) is 9.47 Å². The zero-order chi connectivity index (χ0) is 19.3. The first-order valence-corrected chi connectivity index (χ1v) is 8.90. The van der Waals surface area contributed by atoms with Crippen molar-refractivity contribution in [3.63, 3.8) is 0 Å². The summed E-state index contributed by atoms with van der Waals surface area (Å²) in [5, 5.41) is 10.4. The van der Waals surface area contributed by atoms with E-state index in [-0.39, 0.29) is 18.3 Å². The topological polar surface area (TPSA) is 84.8 Å². The number of nitrogens with zero attached hydrogens (tertiary/aromatic N) is 3. The lowest BCUT2D eigenvalue weighted by atomic mass is 10.0. The van der Waals surface area contributed by atoms with Crippen LogP contribution in [0.25, 0.3) is 11.1 Å². The molecule has 142 valence electrons. The first-order valence-electron chi connectivity index (χ1n) is 8.90. The van der Waals surface area contributed by atoms with Gasteiger partial charge in [0.1, 0.15) is 12.4 Å². The summed E-state index contributed by atoms with van der Waals surface area (Å²) in [5.74, 6) is 0.846. The number of hydrogen-bond donors (Lipinski definition) is 1. The molecule has 1 aliphatic heterocycles. The lowest BCUT2D eigenvalue weighted by Gasteiger charge is -2.20. The summed E-state index contributed by atoms with van der Waals surface area (Å²) in [5.41, 5.74) is 2.43. The van der Waals surface area contributed by atoms with Gasteiger partial charge in [-0.05, 0) is 35.9 Å². The number of carbonyl (C=O) groups is 1.